The minimum Gasteiger partial charge on any atom is -0.370 e. The average Bonchev–Trinajstić information content (AvgIpc) is 2.52. The lowest BCUT2D eigenvalue weighted by Gasteiger charge is -2.12. The molecule has 3 amide bonds. The first-order chi connectivity index (χ1) is 10.9. The zero-order valence-electron chi connectivity index (χ0n) is 12.6. The number of nitrogens with one attached hydrogen (secondary N) is 5. The fourth-order valence-corrected chi connectivity index (χ4v) is 1.41. The van der Waals surface area contributed by atoms with Gasteiger partial charge in [-0.1, -0.05) is 0 Å². The largest absolute Gasteiger partial charge is 0.370 e. The molecule has 129 valence electrons. The molecule has 0 fully saturated rings. The molecule has 9 N–H and O–H groups in total. The third kappa shape index (κ3) is 11.6. The Hall–Kier alpha value is -2.69. The maximum absolute atomic E-state index is 11.6. The smallest absolute Gasteiger partial charge is 0.239 e. The van der Waals surface area contributed by atoms with E-state index in [4.69, 9.17) is 16.9 Å². The molecule has 11 nitrogen and oxygen atoms in total. The average molecular weight is 328 g/mol. The minimum absolute atomic E-state index is 0.158. The third-order valence-corrected chi connectivity index (χ3v) is 2.57. The van der Waals surface area contributed by atoms with Gasteiger partial charge in [0.2, 0.25) is 24.0 Å². The molecular weight excluding hydrogens is 306 g/mol. The van der Waals surface area contributed by atoms with Crippen LogP contribution in [-0.4, -0.2) is 62.2 Å². The topological polar surface area (TPSA) is 192 Å². The highest BCUT2D eigenvalue weighted by Gasteiger charge is 2.14. The van der Waals surface area contributed by atoms with Crippen molar-refractivity contribution in [3.63, 3.8) is 0 Å². The van der Waals surface area contributed by atoms with Gasteiger partial charge in [0.1, 0.15) is 0 Å². The number of hydrogen-bond donors (Lipinski definition) is 7. The summed E-state index contributed by atoms with van der Waals surface area (Å²) in [7, 11) is 0. The Kier molecular flexibility index (Phi) is 10.5. The number of carbonyl (C=O) groups excluding carboxylic acids is 4. The molecule has 11 heteroatoms. The monoisotopic (exact) mass is 328 g/mol. The lowest BCUT2D eigenvalue weighted by molar-refractivity contribution is -0.128. The first-order valence-electron chi connectivity index (χ1n) is 6.86. The predicted octanol–water partition coefficient (Wildman–Crippen LogP) is -3.96. The Morgan fingerprint density at radius 3 is 2.26 bits per heavy atom. The zero-order chi connectivity index (χ0) is 17.7. The highest BCUT2D eigenvalue weighted by Crippen LogP contribution is 1.93. The van der Waals surface area contributed by atoms with Crippen LogP contribution in [0.2, 0.25) is 0 Å². The minimum atomic E-state index is -0.789. The maximum atomic E-state index is 11.6. The molecule has 0 aliphatic heterocycles. The molecular formula is C12H22N7O4. The molecule has 0 unspecified atom stereocenters. The molecule has 0 aliphatic carbocycles. The van der Waals surface area contributed by atoms with Gasteiger partial charge in [-0.3, -0.25) is 24.6 Å². The van der Waals surface area contributed by atoms with Gasteiger partial charge in [-0.05, 0) is 12.8 Å². The molecule has 0 saturated carbocycles. The molecule has 0 aromatic carbocycles. The van der Waals surface area contributed by atoms with E-state index in [1.807, 2.05) is 0 Å². The van der Waals surface area contributed by atoms with E-state index in [9.17, 15) is 19.2 Å². The van der Waals surface area contributed by atoms with Crippen molar-refractivity contribution in [2.45, 2.75) is 18.9 Å². The summed E-state index contributed by atoms with van der Waals surface area (Å²) in [5.74, 6) is -1.76. The Bertz CT molecular complexity index is 441. The Labute approximate surface area is 133 Å². The second-order valence-corrected chi connectivity index (χ2v) is 4.50. The van der Waals surface area contributed by atoms with Crippen LogP contribution >= 0.6 is 0 Å². The van der Waals surface area contributed by atoms with Gasteiger partial charge in [0.15, 0.2) is 5.96 Å². The molecule has 0 aliphatic rings. The second-order valence-electron chi connectivity index (χ2n) is 4.50. The summed E-state index contributed by atoms with van der Waals surface area (Å²) in [6.07, 6.45) is 2.37. The van der Waals surface area contributed by atoms with Crippen LogP contribution in [0.3, 0.4) is 0 Å². The number of hydrogen-bond acceptors (Lipinski definition) is 6. The Morgan fingerprint density at radius 1 is 1.04 bits per heavy atom. The first-order valence-corrected chi connectivity index (χ1v) is 6.86. The normalized spacial score (nSPS) is 11.0. The van der Waals surface area contributed by atoms with Crippen LogP contribution in [-0.2, 0) is 19.2 Å². The molecule has 1 radical (unpaired) electrons. The molecule has 0 bridgehead atoms. The second kappa shape index (κ2) is 11.9. The van der Waals surface area contributed by atoms with Gasteiger partial charge in [-0.2, -0.15) is 0 Å². The maximum Gasteiger partial charge on any atom is 0.239 e. The van der Waals surface area contributed by atoms with Gasteiger partial charge >= 0.3 is 0 Å². The van der Waals surface area contributed by atoms with Crippen LogP contribution in [0.25, 0.3) is 0 Å². The summed E-state index contributed by atoms with van der Waals surface area (Å²) in [6, 6.07) is -0.789. The highest BCUT2D eigenvalue weighted by molar-refractivity contribution is 5.89. The zero-order valence-corrected chi connectivity index (χ0v) is 12.6. The van der Waals surface area contributed by atoms with E-state index in [1.165, 1.54) is 6.29 Å². The third-order valence-electron chi connectivity index (χ3n) is 2.57. The van der Waals surface area contributed by atoms with E-state index >= 15 is 0 Å². The Morgan fingerprint density at radius 2 is 1.65 bits per heavy atom. The lowest BCUT2D eigenvalue weighted by Crippen LogP contribution is -2.46. The van der Waals surface area contributed by atoms with Crippen molar-refractivity contribution in [3.8, 4) is 0 Å². The molecule has 0 aromatic rings. The summed E-state index contributed by atoms with van der Waals surface area (Å²) < 4.78 is 0. The fraction of sp³-hybridized carbons (Fsp3) is 0.583. The number of carbonyl (C=O) groups is 3. The molecule has 0 spiro atoms. The fourth-order valence-electron chi connectivity index (χ4n) is 1.41. The number of guanidine groups is 1. The highest BCUT2D eigenvalue weighted by atomic mass is 16.2. The number of rotatable bonds is 11. The van der Waals surface area contributed by atoms with Gasteiger partial charge in [-0.25, -0.2) is 0 Å². The van der Waals surface area contributed by atoms with E-state index in [0.29, 0.717) is 19.4 Å². The first kappa shape index (κ1) is 20.3. The van der Waals surface area contributed by atoms with E-state index < -0.39 is 23.8 Å². The summed E-state index contributed by atoms with van der Waals surface area (Å²) in [5.41, 5.74) is 10.7. The van der Waals surface area contributed by atoms with E-state index in [2.05, 4.69) is 21.3 Å². The van der Waals surface area contributed by atoms with Gasteiger partial charge in [0.25, 0.3) is 0 Å². The van der Waals surface area contributed by atoms with Gasteiger partial charge in [0.05, 0.1) is 25.7 Å². The van der Waals surface area contributed by atoms with E-state index in [-0.39, 0.29) is 25.6 Å². The molecule has 0 heterocycles. The summed E-state index contributed by atoms with van der Waals surface area (Å²) in [4.78, 5) is 44.1. The van der Waals surface area contributed by atoms with E-state index in [0.717, 1.165) is 0 Å². The molecule has 1 atom stereocenters. The van der Waals surface area contributed by atoms with Crippen molar-refractivity contribution in [3.05, 3.63) is 0 Å². The Balaban J connectivity index is 3.81. The summed E-state index contributed by atoms with van der Waals surface area (Å²) in [5, 5.41) is 16.3. The van der Waals surface area contributed by atoms with Gasteiger partial charge < -0.3 is 32.7 Å². The number of nitrogens with two attached hydrogens (primary N) is 2. The summed E-state index contributed by atoms with van der Waals surface area (Å²) in [6.45, 7) is -0.451. The molecule has 0 saturated heterocycles. The van der Waals surface area contributed by atoms with Crippen molar-refractivity contribution in [1.82, 2.24) is 21.3 Å². The van der Waals surface area contributed by atoms with Crippen LogP contribution in [0.4, 0.5) is 0 Å². The molecule has 0 aromatic heterocycles. The SMILES string of the molecule is N=C(N)NCCC[C@@H](N)C(=O)NCC(=O)NCC(=O)NC[C]=O. The number of amides is 3. The van der Waals surface area contributed by atoms with E-state index in [1.54, 1.807) is 0 Å². The van der Waals surface area contributed by atoms with Crippen molar-refractivity contribution < 1.29 is 19.2 Å². The van der Waals surface area contributed by atoms with Crippen molar-refractivity contribution in [1.29, 1.82) is 5.41 Å². The van der Waals surface area contributed by atoms with Crippen molar-refractivity contribution in [2.24, 2.45) is 11.5 Å². The lowest BCUT2D eigenvalue weighted by atomic mass is 10.1. The predicted molar refractivity (Wildman–Crippen MR) is 81.8 cm³/mol. The van der Waals surface area contributed by atoms with Crippen LogP contribution in [0, 0.1) is 5.41 Å². The van der Waals surface area contributed by atoms with Crippen LogP contribution in [0.15, 0.2) is 0 Å². The quantitative estimate of drug-likeness (QED) is 0.114. The van der Waals surface area contributed by atoms with Crippen LogP contribution in [0.1, 0.15) is 12.8 Å². The van der Waals surface area contributed by atoms with Gasteiger partial charge in [-0.15, -0.1) is 0 Å². The summed E-state index contributed by atoms with van der Waals surface area (Å²) >= 11 is 0. The van der Waals surface area contributed by atoms with Crippen LogP contribution in [0.5, 0.6) is 0 Å². The molecule has 23 heavy (non-hydrogen) atoms. The van der Waals surface area contributed by atoms with Gasteiger partial charge in [0, 0.05) is 6.54 Å². The van der Waals surface area contributed by atoms with Crippen molar-refractivity contribution >= 4 is 30.0 Å². The van der Waals surface area contributed by atoms with Crippen LogP contribution < -0.4 is 32.7 Å². The standard InChI is InChI=1S/C12H22N7O4/c13-8(2-1-3-17-12(14)15)11(23)19-7-10(22)18-6-9(21)16-4-5-20/h8H,1-4,6-7,13H2,(H,16,21)(H,18,22)(H,19,23)(H4,14,15,17)/t8-/m1/s1. The molecule has 0 rings (SSSR count). The van der Waals surface area contributed by atoms with Crippen molar-refractivity contribution in [2.75, 3.05) is 26.2 Å².